The molecule has 0 unspecified atom stereocenters. The van der Waals surface area contributed by atoms with Crippen LogP contribution in [0.4, 0.5) is 11.5 Å². The van der Waals surface area contributed by atoms with E-state index in [0.29, 0.717) is 34.0 Å². The molecule has 0 spiro atoms. The normalized spacial score (nSPS) is 10.7. The number of methoxy groups -OCH3 is 3. The van der Waals surface area contributed by atoms with E-state index in [1.165, 1.54) is 21.3 Å². The molecule has 0 aliphatic heterocycles. The number of rotatable bonds is 6. The highest BCUT2D eigenvalue weighted by atomic mass is 16.5. The number of para-hydroxylation sites is 1. The van der Waals surface area contributed by atoms with Gasteiger partial charge in [0.15, 0.2) is 17.1 Å². The minimum atomic E-state index is -0.465. The lowest BCUT2D eigenvalue weighted by Crippen LogP contribution is -2.06. The van der Waals surface area contributed by atoms with E-state index in [1.54, 1.807) is 48.9 Å². The Morgan fingerprint density at radius 1 is 1.10 bits per heavy atom. The van der Waals surface area contributed by atoms with E-state index < -0.39 is 5.97 Å². The maximum atomic E-state index is 12.2. The number of nitrogens with one attached hydrogen (secondary N) is 1. The van der Waals surface area contributed by atoms with E-state index in [2.05, 4.69) is 15.3 Å². The number of fused-ring (bicyclic) bond motifs is 1. The van der Waals surface area contributed by atoms with Crippen molar-refractivity contribution in [2.75, 3.05) is 26.6 Å². The number of imidazole rings is 1. The van der Waals surface area contributed by atoms with Gasteiger partial charge in [0.2, 0.25) is 5.75 Å². The number of aromatic nitrogens is 3. The molecule has 0 aliphatic carbocycles. The topological polar surface area (TPSA) is 107 Å². The van der Waals surface area contributed by atoms with Gasteiger partial charge < -0.3 is 24.6 Å². The molecule has 9 nitrogen and oxygen atoms in total. The van der Waals surface area contributed by atoms with E-state index in [9.17, 15) is 9.90 Å². The Morgan fingerprint density at radius 2 is 1.81 bits per heavy atom. The quantitative estimate of drug-likeness (QED) is 0.455. The van der Waals surface area contributed by atoms with Crippen LogP contribution in [0.5, 0.6) is 17.2 Å². The number of aromatic hydroxyl groups is 1. The summed E-state index contributed by atoms with van der Waals surface area (Å²) < 4.78 is 17.3. The molecule has 0 fully saturated rings. The number of anilines is 2. The van der Waals surface area contributed by atoms with Crippen molar-refractivity contribution in [1.29, 1.82) is 0 Å². The molecule has 9 heteroatoms. The largest absolute Gasteiger partial charge is 0.502 e. The second-order valence-corrected chi connectivity index (χ2v) is 6.51. The fourth-order valence-electron chi connectivity index (χ4n) is 3.27. The molecule has 4 aromatic rings. The standard InChI is InChI=1S/C22H20N4O5/c1-29-16-10-13(11-17(30-2)20(16)27)19-21(26-9-8-23-12-18(26)25-19)24-15-7-5-4-6-14(15)22(28)31-3/h4-12,24,27H,1-3H3. The van der Waals surface area contributed by atoms with Crippen LogP contribution in [-0.4, -0.2) is 46.8 Å². The molecule has 0 aliphatic rings. The van der Waals surface area contributed by atoms with Crippen molar-refractivity contribution >= 4 is 23.1 Å². The Hall–Kier alpha value is -4.27. The maximum absolute atomic E-state index is 12.2. The first-order valence-corrected chi connectivity index (χ1v) is 9.29. The third kappa shape index (κ3) is 3.57. The smallest absolute Gasteiger partial charge is 0.339 e. The van der Waals surface area contributed by atoms with Crippen molar-refractivity contribution in [1.82, 2.24) is 14.4 Å². The zero-order valence-corrected chi connectivity index (χ0v) is 17.1. The van der Waals surface area contributed by atoms with Gasteiger partial charge in [0.25, 0.3) is 0 Å². The number of phenolic OH excluding ortho intramolecular Hbond substituents is 1. The van der Waals surface area contributed by atoms with E-state index >= 15 is 0 Å². The predicted octanol–water partition coefficient (Wildman–Crippen LogP) is 3.65. The third-order valence-corrected chi connectivity index (χ3v) is 4.77. The molecule has 0 saturated carbocycles. The SMILES string of the molecule is COC(=O)c1ccccc1Nc1c(-c2cc(OC)c(O)c(OC)c2)nc2cnccn12. The molecule has 0 radical (unpaired) electrons. The predicted molar refractivity (Wildman–Crippen MR) is 114 cm³/mol. The molecule has 2 N–H and O–H groups in total. The first kappa shape index (κ1) is 20.0. The molecular formula is C22H20N4O5. The summed E-state index contributed by atoms with van der Waals surface area (Å²) in [6.45, 7) is 0. The van der Waals surface area contributed by atoms with Crippen LogP contribution in [0.3, 0.4) is 0 Å². The zero-order chi connectivity index (χ0) is 22.0. The number of phenols is 1. The van der Waals surface area contributed by atoms with Gasteiger partial charge in [0.05, 0.1) is 38.8 Å². The third-order valence-electron chi connectivity index (χ3n) is 4.77. The first-order valence-electron chi connectivity index (χ1n) is 9.29. The highest BCUT2D eigenvalue weighted by Crippen LogP contribution is 2.42. The monoisotopic (exact) mass is 420 g/mol. The van der Waals surface area contributed by atoms with Gasteiger partial charge in [-0.2, -0.15) is 0 Å². The van der Waals surface area contributed by atoms with Crippen molar-refractivity contribution in [2.24, 2.45) is 0 Å². The number of ether oxygens (including phenoxy) is 3. The molecule has 0 atom stereocenters. The molecule has 2 aromatic heterocycles. The maximum Gasteiger partial charge on any atom is 0.339 e. The number of esters is 1. The van der Waals surface area contributed by atoms with Crippen LogP contribution in [0.1, 0.15) is 10.4 Å². The molecule has 0 amide bonds. The average Bonchev–Trinajstić information content (AvgIpc) is 3.17. The van der Waals surface area contributed by atoms with Gasteiger partial charge in [0, 0.05) is 18.0 Å². The van der Waals surface area contributed by atoms with E-state index in [1.807, 2.05) is 10.5 Å². The number of carbonyl (C=O) groups is 1. The van der Waals surface area contributed by atoms with Crippen LogP contribution in [0.15, 0.2) is 55.0 Å². The minimum Gasteiger partial charge on any atom is -0.502 e. The minimum absolute atomic E-state index is 0.107. The van der Waals surface area contributed by atoms with Gasteiger partial charge in [-0.05, 0) is 24.3 Å². The van der Waals surface area contributed by atoms with Gasteiger partial charge >= 0.3 is 5.97 Å². The van der Waals surface area contributed by atoms with Crippen LogP contribution in [0, 0.1) is 0 Å². The van der Waals surface area contributed by atoms with Gasteiger partial charge in [-0.1, -0.05) is 12.1 Å². The number of carbonyl (C=O) groups excluding carboxylic acids is 1. The molecule has 2 aromatic carbocycles. The van der Waals surface area contributed by atoms with Crippen LogP contribution in [-0.2, 0) is 4.74 Å². The summed E-state index contributed by atoms with van der Waals surface area (Å²) in [5.74, 6) is 0.497. The molecule has 0 saturated heterocycles. The number of nitrogens with zero attached hydrogens (tertiary/aromatic N) is 3. The highest BCUT2D eigenvalue weighted by molar-refractivity contribution is 5.97. The number of hydrogen-bond acceptors (Lipinski definition) is 8. The van der Waals surface area contributed by atoms with Crippen LogP contribution >= 0.6 is 0 Å². The molecule has 4 rings (SSSR count). The number of benzene rings is 2. The summed E-state index contributed by atoms with van der Waals surface area (Å²) in [7, 11) is 4.24. The Labute approximate surface area is 177 Å². The Kier molecular flexibility index (Phi) is 5.31. The van der Waals surface area contributed by atoms with Crippen molar-refractivity contribution in [2.45, 2.75) is 0 Å². The molecule has 158 valence electrons. The Bertz CT molecular complexity index is 1240. The van der Waals surface area contributed by atoms with Crippen LogP contribution < -0.4 is 14.8 Å². The lowest BCUT2D eigenvalue weighted by molar-refractivity contribution is 0.0602. The van der Waals surface area contributed by atoms with Gasteiger partial charge in [0.1, 0.15) is 11.5 Å². The summed E-state index contributed by atoms with van der Waals surface area (Å²) in [6, 6.07) is 10.3. The summed E-state index contributed by atoms with van der Waals surface area (Å²) in [6.07, 6.45) is 5.01. The average molecular weight is 420 g/mol. The lowest BCUT2D eigenvalue weighted by atomic mass is 10.1. The van der Waals surface area contributed by atoms with E-state index in [4.69, 9.17) is 14.2 Å². The van der Waals surface area contributed by atoms with Crippen molar-refractivity contribution < 1.29 is 24.1 Å². The molecule has 2 heterocycles. The van der Waals surface area contributed by atoms with Crippen LogP contribution in [0.25, 0.3) is 16.9 Å². The van der Waals surface area contributed by atoms with Crippen molar-refractivity contribution in [3.8, 4) is 28.5 Å². The molecule has 0 bridgehead atoms. The fraction of sp³-hybridized carbons (Fsp3) is 0.136. The van der Waals surface area contributed by atoms with Crippen LogP contribution in [0.2, 0.25) is 0 Å². The second-order valence-electron chi connectivity index (χ2n) is 6.51. The Morgan fingerprint density at radius 3 is 2.48 bits per heavy atom. The molecular weight excluding hydrogens is 400 g/mol. The summed E-state index contributed by atoms with van der Waals surface area (Å²) in [5.41, 5.74) is 2.69. The van der Waals surface area contributed by atoms with Crippen molar-refractivity contribution in [3.05, 3.63) is 60.6 Å². The first-order chi connectivity index (χ1) is 15.1. The van der Waals surface area contributed by atoms with Gasteiger partial charge in [-0.25, -0.2) is 9.78 Å². The van der Waals surface area contributed by atoms with E-state index in [0.717, 1.165) is 0 Å². The fourth-order valence-corrected chi connectivity index (χ4v) is 3.27. The molecule has 31 heavy (non-hydrogen) atoms. The summed E-state index contributed by atoms with van der Waals surface area (Å²) in [5, 5.41) is 13.6. The summed E-state index contributed by atoms with van der Waals surface area (Å²) >= 11 is 0. The van der Waals surface area contributed by atoms with Gasteiger partial charge in [-0.3, -0.25) is 9.38 Å². The lowest BCUT2D eigenvalue weighted by Gasteiger charge is -2.14. The van der Waals surface area contributed by atoms with Gasteiger partial charge in [-0.15, -0.1) is 0 Å². The van der Waals surface area contributed by atoms with E-state index in [-0.39, 0.29) is 17.2 Å². The van der Waals surface area contributed by atoms with Crippen molar-refractivity contribution in [3.63, 3.8) is 0 Å². The summed E-state index contributed by atoms with van der Waals surface area (Å²) in [4.78, 5) is 21.0. The Balaban J connectivity index is 1.92. The second kappa shape index (κ2) is 8.23. The highest BCUT2D eigenvalue weighted by Gasteiger charge is 2.21. The number of hydrogen-bond donors (Lipinski definition) is 2. The zero-order valence-electron chi connectivity index (χ0n) is 17.1.